The van der Waals surface area contributed by atoms with Gasteiger partial charge in [0.05, 0.1) is 13.5 Å². The van der Waals surface area contributed by atoms with E-state index in [0.29, 0.717) is 12.3 Å². The average Bonchev–Trinajstić information content (AvgIpc) is 2.60. The van der Waals surface area contributed by atoms with Crippen molar-refractivity contribution in [1.29, 1.82) is 0 Å². The minimum absolute atomic E-state index is 0.173. The van der Waals surface area contributed by atoms with E-state index in [9.17, 15) is 4.79 Å². The molecule has 0 amide bonds. The van der Waals surface area contributed by atoms with E-state index in [-0.39, 0.29) is 5.97 Å². The van der Waals surface area contributed by atoms with Gasteiger partial charge in [0, 0.05) is 11.1 Å². The molecule has 0 atom stereocenters. The third-order valence-electron chi connectivity index (χ3n) is 3.02. The molecule has 0 saturated carbocycles. The van der Waals surface area contributed by atoms with Gasteiger partial charge in [-0.25, -0.2) is 0 Å². The van der Waals surface area contributed by atoms with Gasteiger partial charge in [0.15, 0.2) is 0 Å². The fraction of sp³-hybridized carbons (Fsp3) is 0.462. The van der Waals surface area contributed by atoms with Crippen molar-refractivity contribution in [1.82, 2.24) is 0 Å². The summed E-state index contributed by atoms with van der Waals surface area (Å²) < 4.78 is 10.6. The van der Waals surface area contributed by atoms with Gasteiger partial charge in [0.25, 0.3) is 0 Å². The van der Waals surface area contributed by atoms with E-state index in [1.54, 1.807) is 7.11 Å². The number of ether oxygens (including phenoxy) is 2. The molecule has 1 aromatic carbocycles. The largest absolute Gasteiger partial charge is 0.496 e. The predicted molar refractivity (Wildman–Crippen MR) is 61.2 cm³/mol. The number of rotatable bonds is 2. The number of hydrogen-bond acceptors (Lipinski definition) is 3. The summed E-state index contributed by atoms with van der Waals surface area (Å²) in [7, 11) is 1.65. The van der Waals surface area contributed by atoms with Gasteiger partial charge in [-0.3, -0.25) is 4.79 Å². The monoisotopic (exact) mass is 220 g/mol. The fourth-order valence-corrected chi connectivity index (χ4v) is 2.08. The van der Waals surface area contributed by atoms with Crippen molar-refractivity contribution in [3.8, 4) is 11.5 Å². The van der Waals surface area contributed by atoms with Crippen LogP contribution in [-0.4, -0.2) is 13.1 Å². The van der Waals surface area contributed by atoms with Gasteiger partial charge in [-0.2, -0.15) is 0 Å². The third-order valence-corrected chi connectivity index (χ3v) is 3.02. The Morgan fingerprint density at radius 1 is 1.44 bits per heavy atom. The molecule has 2 rings (SSSR count). The molecule has 3 nitrogen and oxygen atoms in total. The molecule has 1 heterocycles. The fourth-order valence-electron chi connectivity index (χ4n) is 2.08. The topological polar surface area (TPSA) is 35.5 Å². The second kappa shape index (κ2) is 3.81. The maximum atomic E-state index is 11.4. The summed E-state index contributed by atoms with van der Waals surface area (Å²) >= 11 is 0. The minimum Gasteiger partial charge on any atom is -0.496 e. The van der Waals surface area contributed by atoms with Crippen molar-refractivity contribution in [2.45, 2.75) is 33.1 Å². The van der Waals surface area contributed by atoms with Crippen LogP contribution in [0, 0.1) is 6.92 Å². The molecule has 0 aliphatic carbocycles. The highest BCUT2D eigenvalue weighted by Crippen LogP contribution is 2.41. The Hall–Kier alpha value is -1.51. The second-order valence-corrected chi connectivity index (χ2v) is 4.41. The molecule has 1 aliphatic rings. The van der Waals surface area contributed by atoms with Crippen molar-refractivity contribution in [2.24, 2.45) is 0 Å². The number of hydrogen-bond donors (Lipinski definition) is 0. The first kappa shape index (κ1) is 11.0. The lowest BCUT2D eigenvalue weighted by Crippen LogP contribution is -2.01. The van der Waals surface area contributed by atoms with Crippen LogP contribution in [0.4, 0.5) is 0 Å². The van der Waals surface area contributed by atoms with Crippen molar-refractivity contribution < 1.29 is 14.3 Å². The highest BCUT2D eigenvalue weighted by molar-refractivity contribution is 5.83. The summed E-state index contributed by atoms with van der Waals surface area (Å²) in [4.78, 5) is 11.4. The summed E-state index contributed by atoms with van der Waals surface area (Å²) in [6, 6.07) is 1.97. The first-order valence-electron chi connectivity index (χ1n) is 5.45. The van der Waals surface area contributed by atoms with E-state index in [1.165, 1.54) is 0 Å². The van der Waals surface area contributed by atoms with Crippen LogP contribution in [0.15, 0.2) is 6.07 Å². The smallest absolute Gasteiger partial charge is 0.315 e. The summed E-state index contributed by atoms with van der Waals surface area (Å²) in [6.45, 7) is 6.12. The van der Waals surface area contributed by atoms with E-state index in [0.717, 1.165) is 28.2 Å². The third kappa shape index (κ3) is 1.56. The predicted octanol–water partition coefficient (Wildman–Crippen LogP) is 2.59. The number of benzene rings is 1. The van der Waals surface area contributed by atoms with Gasteiger partial charge in [-0.1, -0.05) is 13.8 Å². The summed E-state index contributed by atoms with van der Waals surface area (Å²) in [5, 5.41) is 0. The van der Waals surface area contributed by atoms with Crippen LogP contribution in [0.1, 0.15) is 36.5 Å². The molecule has 0 spiro atoms. The Morgan fingerprint density at radius 3 is 2.69 bits per heavy atom. The van der Waals surface area contributed by atoms with Gasteiger partial charge >= 0.3 is 5.97 Å². The van der Waals surface area contributed by atoms with Crippen LogP contribution >= 0.6 is 0 Å². The normalized spacial score (nSPS) is 13.9. The minimum atomic E-state index is -0.173. The Kier molecular flexibility index (Phi) is 2.62. The zero-order valence-corrected chi connectivity index (χ0v) is 10.1. The van der Waals surface area contributed by atoms with Gasteiger partial charge in [0.1, 0.15) is 11.5 Å². The molecule has 3 heteroatoms. The van der Waals surface area contributed by atoms with E-state index in [2.05, 4.69) is 13.8 Å². The van der Waals surface area contributed by atoms with Gasteiger partial charge in [-0.15, -0.1) is 0 Å². The van der Waals surface area contributed by atoms with Crippen molar-refractivity contribution in [3.05, 3.63) is 22.8 Å². The molecule has 0 bridgehead atoms. The Bertz CT molecular complexity index is 447. The van der Waals surface area contributed by atoms with Gasteiger partial charge in [-0.05, 0) is 24.5 Å². The molecule has 0 fully saturated rings. The summed E-state index contributed by atoms with van der Waals surface area (Å²) in [5.74, 6) is 1.72. The van der Waals surface area contributed by atoms with Crippen LogP contribution in [-0.2, 0) is 11.2 Å². The number of carbonyl (C=O) groups is 1. The van der Waals surface area contributed by atoms with Crippen LogP contribution in [0.2, 0.25) is 0 Å². The van der Waals surface area contributed by atoms with Crippen LogP contribution < -0.4 is 9.47 Å². The molecule has 16 heavy (non-hydrogen) atoms. The lowest BCUT2D eigenvalue weighted by molar-refractivity contribution is -0.131. The number of fused-ring (bicyclic) bond motifs is 1. The zero-order valence-electron chi connectivity index (χ0n) is 10.1. The number of methoxy groups -OCH3 is 1. The van der Waals surface area contributed by atoms with Gasteiger partial charge < -0.3 is 9.47 Å². The van der Waals surface area contributed by atoms with E-state index in [4.69, 9.17) is 9.47 Å². The van der Waals surface area contributed by atoms with E-state index >= 15 is 0 Å². The zero-order chi connectivity index (χ0) is 11.9. The Balaban J connectivity index is 2.65. The molecule has 0 aromatic heterocycles. The van der Waals surface area contributed by atoms with Crippen LogP contribution in [0.25, 0.3) is 0 Å². The lowest BCUT2D eigenvalue weighted by atomic mass is 9.95. The van der Waals surface area contributed by atoms with E-state index in [1.807, 2.05) is 13.0 Å². The highest BCUT2D eigenvalue weighted by atomic mass is 16.5. The standard InChI is InChI=1S/C13H16O3/c1-7(2)9-5-11(15-4)8(3)10-6-12(14)16-13(9)10/h5,7H,6H2,1-4H3. The maximum Gasteiger partial charge on any atom is 0.315 e. The van der Waals surface area contributed by atoms with Gasteiger partial charge in [0.2, 0.25) is 0 Å². The molecule has 0 saturated heterocycles. The second-order valence-electron chi connectivity index (χ2n) is 4.41. The van der Waals surface area contributed by atoms with Crippen LogP contribution in [0.5, 0.6) is 11.5 Å². The molecule has 1 aliphatic heterocycles. The summed E-state index contributed by atoms with van der Waals surface area (Å²) in [6.07, 6.45) is 0.359. The quantitative estimate of drug-likeness (QED) is 0.567. The molecule has 86 valence electrons. The number of carbonyl (C=O) groups excluding carboxylic acids is 1. The Labute approximate surface area is 95.4 Å². The maximum absolute atomic E-state index is 11.4. The first-order chi connectivity index (χ1) is 7.54. The van der Waals surface area contributed by atoms with Crippen molar-refractivity contribution in [3.63, 3.8) is 0 Å². The molecule has 1 aromatic rings. The summed E-state index contributed by atoms with van der Waals surface area (Å²) in [5.41, 5.74) is 3.03. The molecule has 0 unspecified atom stereocenters. The molecule has 0 radical (unpaired) electrons. The van der Waals surface area contributed by atoms with Crippen molar-refractivity contribution in [2.75, 3.05) is 7.11 Å². The molecular weight excluding hydrogens is 204 g/mol. The van der Waals surface area contributed by atoms with E-state index < -0.39 is 0 Å². The number of esters is 1. The van der Waals surface area contributed by atoms with Crippen molar-refractivity contribution >= 4 is 5.97 Å². The average molecular weight is 220 g/mol. The van der Waals surface area contributed by atoms with Crippen LogP contribution in [0.3, 0.4) is 0 Å². The first-order valence-corrected chi connectivity index (χ1v) is 5.45. The molecule has 0 N–H and O–H groups in total. The molecular formula is C13H16O3. The Morgan fingerprint density at radius 2 is 2.12 bits per heavy atom. The lowest BCUT2D eigenvalue weighted by Gasteiger charge is -2.15. The highest BCUT2D eigenvalue weighted by Gasteiger charge is 2.28. The SMILES string of the molecule is COc1cc(C(C)C)c2c(c1C)CC(=O)O2.